The average Bonchev–Trinajstić information content (AvgIpc) is 3.38. The Labute approximate surface area is 187 Å². The first-order valence-corrected chi connectivity index (χ1v) is 11.0. The number of ether oxygens (including phenoxy) is 1. The number of aromatic amines is 1. The van der Waals surface area contributed by atoms with Crippen LogP contribution in [0.25, 0.3) is 32.7 Å². The summed E-state index contributed by atoms with van der Waals surface area (Å²) in [7, 11) is 0. The molecule has 5 heterocycles. The van der Waals surface area contributed by atoms with Crippen LogP contribution in [0.5, 0.6) is 0 Å². The molecular formula is C23H18N6O2S. The molecule has 0 aliphatic carbocycles. The van der Waals surface area contributed by atoms with E-state index in [-0.39, 0.29) is 11.4 Å². The summed E-state index contributed by atoms with van der Waals surface area (Å²) in [5.74, 6) is 0. The van der Waals surface area contributed by atoms with Crippen molar-refractivity contribution < 1.29 is 9.53 Å². The molecule has 6 rings (SSSR count). The fraction of sp³-hybridized carbons (Fsp3) is 0.217. The zero-order valence-electron chi connectivity index (χ0n) is 17.0. The van der Waals surface area contributed by atoms with Gasteiger partial charge < -0.3 is 14.6 Å². The van der Waals surface area contributed by atoms with Crippen molar-refractivity contribution in [2.45, 2.75) is 0 Å². The summed E-state index contributed by atoms with van der Waals surface area (Å²) in [6.45, 7) is 2.88. The molecular weight excluding hydrogens is 424 g/mol. The second kappa shape index (κ2) is 7.15. The van der Waals surface area contributed by atoms with Gasteiger partial charge in [-0.3, -0.25) is 5.32 Å². The standard InChI is InChI=1S/C23H18N6O2S/c24-9-14-2-1-3-15(8-14)18-19(16-4-6-25-20-17(16)5-7-26-20)32-21(27-18)28-22(30)29-10-23(11-29)12-31-13-23/h1-8H,10-13H2,(H,25,26)(H,27,28,30). The van der Waals surface area contributed by atoms with Gasteiger partial charge in [0.05, 0.1) is 40.8 Å². The highest BCUT2D eigenvalue weighted by atomic mass is 32.1. The number of nitrogens with zero attached hydrogens (tertiary/aromatic N) is 4. The highest BCUT2D eigenvalue weighted by Gasteiger charge is 2.50. The Morgan fingerprint density at radius 3 is 2.94 bits per heavy atom. The number of benzene rings is 1. The summed E-state index contributed by atoms with van der Waals surface area (Å²) in [5.41, 5.74) is 4.02. The van der Waals surface area contributed by atoms with Crippen LogP contribution in [0.15, 0.2) is 48.8 Å². The van der Waals surface area contributed by atoms with Crippen LogP contribution in [0, 0.1) is 16.7 Å². The summed E-state index contributed by atoms with van der Waals surface area (Å²) >= 11 is 1.42. The molecule has 32 heavy (non-hydrogen) atoms. The lowest BCUT2D eigenvalue weighted by atomic mass is 9.78. The molecule has 3 aromatic heterocycles. The third-order valence-corrected chi connectivity index (χ3v) is 6.97. The Balaban J connectivity index is 1.38. The first-order valence-electron chi connectivity index (χ1n) is 10.2. The van der Waals surface area contributed by atoms with Gasteiger partial charge in [-0.2, -0.15) is 5.26 Å². The number of likely N-dealkylation sites (tertiary alicyclic amines) is 1. The number of carbonyl (C=O) groups excluding carboxylic acids is 1. The first kappa shape index (κ1) is 19.0. The Morgan fingerprint density at radius 1 is 1.28 bits per heavy atom. The number of thiazole rings is 1. The van der Waals surface area contributed by atoms with E-state index in [1.165, 1.54) is 11.3 Å². The maximum absolute atomic E-state index is 12.8. The molecule has 2 N–H and O–H groups in total. The van der Waals surface area contributed by atoms with Crippen molar-refractivity contribution in [2.24, 2.45) is 5.41 Å². The van der Waals surface area contributed by atoms with Crippen LogP contribution < -0.4 is 5.32 Å². The van der Waals surface area contributed by atoms with E-state index in [2.05, 4.69) is 21.4 Å². The van der Waals surface area contributed by atoms with Gasteiger partial charge in [0, 0.05) is 42.0 Å². The third kappa shape index (κ3) is 3.04. The van der Waals surface area contributed by atoms with Crippen LogP contribution in [0.1, 0.15) is 5.56 Å². The number of hydrogen-bond acceptors (Lipinski definition) is 6. The van der Waals surface area contributed by atoms with Crippen molar-refractivity contribution in [3.63, 3.8) is 0 Å². The number of anilines is 1. The number of H-pyrrole nitrogens is 1. The Bertz CT molecular complexity index is 1390. The minimum Gasteiger partial charge on any atom is -0.380 e. The molecule has 0 unspecified atom stereocenters. The number of aromatic nitrogens is 3. The molecule has 0 saturated carbocycles. The summed E-state index contributed by atoms with van der Waals surface area (Å²) in [6.07, 6.45) is 3.60. The third-order valence-electron chi connectivity index (χ3n) is 5.97. The largest absolute Gasteiger partial charge is 0.380 e. The van der Waals surface area contributed by atoms with Crippen LogP contribution >= 0.6 is 11.3 Å². The summed E-state index contributed by atoms with van der Waals surface area (Å²) < 4.78 is 5.29. The number of hydrogen-bond donors (Lipinski definition) is 2. The topological polar surface area (TPSA) is 107 Å². The molecule has 9 heteroatoms. The fourth-order valence-electron chi connectivity index (χ4n) is 4.30. The summed E-state index contributed by atoms with van der Waals surface area (Å²) in [6, 6.07) is 13.3. The lowest BCUT2D eigenvalue weighted by molar-refractivity contribution is -0.174. The van der Waals surface area contributed by atoms with E-state index in [0.717, 1.165) is 45.9 Å². The highest BCUT2D eigenvalue weighted by Crippen LogP contribution is 2.42. The monoisotopic (exact) mass is 442 g/mol. The minimum atomic E-state index is -0.151. The number of pyridine rings is 1. The number of amides is 2. The lowest BCUT2D eigenvalue weighted by Gasteiger charge is -2.54. The average molecular weight is 443 g/mol. The quantitative estimate of drug-likeness (QED) is 0.497. The predicted octanol–water partition coefficient (Wildman–Crippen LogP) is 4.09. The molecule has 4 aromatic rings. The van der Waals surface area contributed by atoms with Gasteiger partial charge >= 0.3 is 6.03 Å². The molecule has 2 saturated heterocycles. The van der Waals surface area contributed by atoms with E-state index in [1.54, 1.807) is 17.2 Å². The number of nitriles is 1. The second-order valence-electron chi connectivity index (χ2n) is 8.27. The number of nitrogens with one attached hydrogen (secondary N) is 2. The first-order chi connectivity index (χ1) is 15.6. The van der Waals surface area contributed by atoms with E-state index in [0.29, 0.717) is 23.8 Å². The van der Waals surface area contributed by atoms with Gasteiger partial charge in [0.25, 0.3) is 0 Å². The van der Waals surface area contributed by atoms with Gasteiger partial charge in [0.2, 0.25) is 0 Å². The van der Waals surface area contributed by atoms with Crippen molar-refractivity contribution in [1.82, 2.24) is 19.9 Å². The number of rotatable bonds is 3. The zero-order valence-corrected chi connectivity index (χ0v) is 17.8. The van der Waals surface area contributed by atoms with Gasteiger partial charge in [-0.1, -0.05) is 23.5 Å². The van der Waals surface area contributed by atoms with E-state index in [4.69, 9.17) is 9.72 Å². The van der Waals surface area contributed by atoms with Gasteiger partial charge in [-0.05, 0) is 24.3 Å². The number of urea groups is 1. The van der Waals surface area contributed by atoms with E-state index < -0.39 is 0 Å². The predicted molar refractivity (Wildman–Crippen MR) is 121 cm³/mol. The Kier molecular flexibility index (Phi) is 4.24. The van der Waals surface area contributed by atoms with Gasteiger partial charge in [-0.25, -0.2) is 14.8 Å². The number of fused-ring (bicyclic) bond motifs is 1. The van der Waals surface area contributed by atoms with Crippen LogP contribution in [-0.4, -0.2) is 52.2 Å². The van der Waals surface area contributed by atoms with Crippen molar-refractivity contribution in [3.05, 3.63) is 54.4 Å². The van der Waals surface area contributed by atoms with E-state index >= 15 is 0 Å². The number of carbonyl (C=O) groups is 1. The van der Waals surface area contributed by atoms with Crippen molar-refractivity contribution >= 4 is 33.5 Å². The maximum Gasteiger partial charge on any atom is 0.323 e. The molecule has 0 atom stereocenters. The van der Waals surface area contributed by atoms with E-state index in [1.807, 2.05) is 36.5 Å². The van der Waals surface area contributed by atoms with Crippen molar-refractivity contribution in [1.29, 1.82) is 5.26 Å². The van der Waals surface area contributed by atoms with Crippen LogP contribution in [-0.2, 0) is 4.74 Å². The molecule has 2 fully saturated rings. The van der Waals surface area contributed by atoms with Crippen molar-refractivity contribution in [3.8, 4) is 27.8 Å². The SMILES string of the molecule is N#Cc1cccc(-c2nc(NC(=O)N3CC4(COC4)C3)sc2-c2ccnc3[nH]ccc23)c1. The fourth-order valence-corrected chi connectivity index (χ4v) is 5.31. The molecule has 158 valence electrons. The zero-order chi connectivity index (χ0) is 21.7. The van der Waals surface area contributed by atoms with Crippen LogP contribution in [0.4, 0.5) is 9.93 Å². The molecule has 2 aliphatic heterocycles. The Hall–Kier alpha value is -3.74. The Morgan fingerprint density at radius 2 is 2.16 bits per heavy atom. The molecule has 1 spiro atoms. The molecule has 0 radical (unpaired) electrons. The molecule has 0 bridgehead atoms. The van der Waals surface area contributed by atoms with Crippen molar-refractivity contribution in [2.75, 3.05) is 31.6 Å². The molecule has 2 amide bonds. The van der Waals surface area contributed by atoms with Gasteiger partial charge in [0.1, 0.15) is 5.65 Å². The smallest absolute Gasteiger partial charge is 0.323 e. The van der Waals surface area contributed by atoms with Gasteiger partial charge in [-0.15, -0.1) is 0 Å². The second-order valence-corrected chi connectivity index (χ2v) is 9.27. The molecule has 2 aliphatic rings. The summed E-state index contributed by atoms with van der Waals surface area (Å²) in [5, 5.41) is 13.8. The summed E-state index contributed by atoms with van der Waals surface area (Å²) in [4.78, 5) is 27.8. The molecule has 8 nitrogen and oxygen atoms in total. The maximum atomic E-state index is 12.8. The minimum absolute atomic E-state index is 0.151. The van der Waals surface area contributed by atoms with Gasteiger partial charge in [0.15, 0.2) is 5.13 Å². The lowest BCUT2D eigenvalue weighted by Crippen LogP contribution is -2.67. The van der Waals surface area contributed by atoms with E-state index in [9.17, 15) is 10.1 Å². The van der Waals surface area contributed by atoms with Crippen LogP contribution in [0.2, 0.25) is 0 Å². The molecule has 1 aromatic carbocycles. The van der Waals surface area contributed by atoms with Crippen LogP contribution in [0.3, 0.4) is 0 Å². The highest BCUT2D eigenvalue weighted by molar-refractivity contribution is 7.19. The normalized spacial score (nSPS) is 16.4.